The van der Waals surface area contributed by atoms with Crippen LogP contribution in [0.1, 0.15) is 30.1 Å². The van der Waals surface area contributed by atoms with Crippen LogP contribution in [-0.4, -0.2) is 21.6 Å². The summed E-state index contributed by atoms with van der Waals surface area (Å²) in [4.78, 5) is 2.16. The summed E-state index contributed by atoms with van der Waals surface area (Å²) in [6.45, 7) is 1.31. The summed E-state index contributed by atoms with van der Waals surface area (Å²) in [5, 5.41) is 6.92. The van der Waals surface area contributed by atoms with Gasteiger partial charge in [0.05, 0.1) is 11.7 Å². The van der Waals surface area contributed by atoms with Gasteiger partial charge in [-0.1, -0.05) is 0 Å². The van der Waals surface area contributed by atoms with Gasteiger partial charge < -0.3 is 0 Å². The molecule has 1 aliphatic rings. The van der Waals surface area contributed by atoms with Gasteiger partial charge in [0, 0.05) is 18.3 Å². The van der Waals surface area contributed by atoms with Crippen LogP contribution in [0.25, 0.3) is 0 Å². The molecule has 1 aromatic heterocycles. The van der Waals surface area contributed by atoms with Crippen LogP contribution in [-0.2, 0) is 6.54 Å². The van der Waals surface area contributed by atoms with E-state index in [0.29, 0.717) is 12.1 Å². The molecule has 0 bridgehead atoms. The maximum absolute atomic E-state index is 13.7. The van der Waals surface area contributed by atoms with E-state index in [2.05, 4.69) is 15.1 Å². The number of rotatable bonds is 3. The summed E-state index contributed by atoms with van der Waals surface area (Å²) < 4.78 is 26.9. The first kappa shape index (κ1) is 12.3. The second kappa shape index (κ2) is 5.09. The molecule has 1 N–H and O–H groups in total. The predicted molar refractivity (Wildman–Crippen MR) is 67.3 cm³/mol. The minimum Gasteiger partial charge on any atom is -0.290 e. The molecule has 1 saturated heterocycles. The summed E-state index contributed by atoms with van der Waals surface area (Å²) in [6, 6.07) is 5.76. The number of nitrogens with zero attached hydrogens (tertiary/aromatic N) is 2. The molecule has 2 heterocycles. The van der Waals surface area contributed by atoms with E-state index in [1.807, 2.05) is 6.07 Å². The Morgan fingerprint density at radius 2 is 2.21 bits per heavy atom. The van der Waals surface area contributed by atoms with E-state index in [0.717, 1.165) is 31.1 Å². The van der Waals surface area contributed by atoms with Gasteiger partial charge in [0.1, 0.15) is 11.6 Å². The van der Waals surface area contributed by atoms with Crippen molar-refractivity contribution in [3.05, 3.63) is 53.4 Å². The molecule has 1 aliphatic heterocycles. The molecule has 0 saturated carbocycles. The topological polar surface area (TPSA) is 31.9 Å². The van der Waals surface area contributed by atoms with Crippen LogP contribution in [0.3, 0.4) is 0 Å². The van der Waals surface area contributed by atoms with Crippen molar-refractivity contribution in [3.63, 3.8) is 0 Å². The van der Waals surface area contributed by atoms with Crippen molar-refractivity contribution in [1.29, 1.82) is 0 Å². The Morgan fingerprint density at radius 3 is 3.00 bits per heavy atom. The monoisotopic (exact) mass is 263 g/mol. The molecule has 3 nitrogen and oxygen atoms in total. The minimum atomic E-state index is -0.395. The van der Waals surface area contributed by atoms with Crippen molar-refractivity contribution in [1.82, 2.24) is 15.1 Å². The number of hydrogen-bond acceptors (Lipinski definition) is 2. The highest BCUT2D eigenvalue weighted by Gasteiger charge is 2.27. The Labute approximate surface area is 110 Å². The maximum atomic E-state index is 13.7. The van der Waals surface area contributed by atoms with E-state index in [1.54, 1.807) is 6.20 Å². The fourth-order valence-corrected chi connectivity index (χ4v) is 2.70. The number of hydrogen-bond donors (Lipinski definition) is 1. The SMILES string of the molecule is Fc1ccc(F)c(CN2CCCC2c2ccn[nH]2)c1. The van der Waals surface area contributed by atoms with Crippen LogP contribution < -0.4 is 0 Å². The first-order valence-corrected chi connectivity index (χ1v) is 6.41. The summed E-state index contributed by atoms with van der Waals surface area (Å²) in [5.41, 5.74) is 1.45. The Hall–Kier alpha value is -1.75. The summed E-state index contributed by atoms with van der Waals surface area (Å²) in [6.07, 6.45) is 3.79. The Morgan fingerprint density at radius 1 is 1.32 bits per heavy atom. The lowest BCUT2D eigenvalue weighted by atomic mass is 10.1. The molecule has 0 amide bonds. The fourth-order valence-electron chi connectivity index (χ4n) is 2.70. The highest BCUT2D eigenvalue weighted by atomic mass is 19.1. The third-order valence-corrected chi connectivity index (χ3v) is 3.63. The second-order valence-electron chi connectivity index (χ2n) is 4.88. The van der Waals surface area contributed by atoms with E-state index in [1.165, 1.54) is 12.1 Å². The molecular weight excluding hydrogens is 248 g/mol. The smallest absolute Gasteiger partial charge is 0.127 e. The highest BCUT2D eigenvalue weighted by Crippen LogP contribution is 2.32. The van der Waals surface area contributed by atoms with Crippen LogP contribution >= 0.6 is 0 Å². The van der Waals surface area contributed by atoms with E-state index < -0.39 is 5.82 Å². The summed E-state index contributed by atoms with van der Waals surface area (Å²) in [7, 11) is 0. The lowest BCUT2D eigenvalue weighted by Gasteiger charge is -2.23. The van der Waals surface area contributed by atoms with Gasteiger partial charge >= 0.3 is 0 Å². The van der Waals surface area contributed by atoms with Crippen LogP contribution in [0.4, 0.5) is 8.78 Å². The first-order chi connectivity index (χ1) is 9.24. The van der Waals surface area contributed by atoms with Crippen molar-refractivity contribution < 1.29 is 8.78 Å². The van der Waals surface area contributed by atoms with Gasteiger partial charge in [0.25, 0.3) is 0 Å². The normalized spacial score (nSPS) is 20.0. The minimum absolute atomic E-state index is 0.213. The number of aromatic amines is 1. The van der Waals surface area contributed by atoms with Crippen molar-refractivity contribution in [2.45, 2.75) is 25.4 Å². The van der Waals surface area contributed by atoms with Gasteiger partial charge in [0.15, 0.2) is 0 Å². The molecule has 1 aromatic carbocycles. The molecule has 2 aromatic rings. The van der Waals surface area contributed by atoms with Crippen LogP contribution in [0.2, 0.25) is 0 Å². The molecule has 0 aliphatic carbocycles. The average Bonchev–Trinajstić information content (AvgIpc) is 3.03. The average molecular weight is 263 g/mol. The largest absolute Gasteiger partial charge is 0.290 e. The van der Waals surface area contributed by atoms with E-state index in [9.17, 15) is 8.78 Å². The Balaban J connectivity index is 1.80. The van der Waals surface area contributed by atoms with Crippen molar-refractivity contribution in [2.24, 2.45) is 0 Å². The predicted octanol–water partition coefficient (Wildman–Crippen LogP) is 3.03. The summed E-state index contributed by atoms with van der Waals surface area (Å²) in [5.74, 6) is -0.745. The molecule has 100 valence electrons. The van der Waals surface area contributed by atoms with Gasteiger partial charge in [-0.25, -0.2) is 8.78 Å². The first-order valence-electron chi connectivity index (χ1n) is 6.41. The molecule has 1 unspecified atom stereocenters. The lowest BCUT2D eigenvalue weighted by Crippen LogP contribution is -2.23. The third-order valence-electron chi connectivity index (χ3n) is 3.63. The third kappa shape index (κ3) is 2.51. The van der Waals surface area contributed by atoms with Gasteiger partial charge in [-0.2, -0.15) is 5.10 Å². The molecule has 5 heteroatoms. The molecule has 1 atom stereocenters. The van der Waals surface area contributed by atoms with E-state index in [-0.39, 0.29) is 11.9 Å². The number of nitrogens with one attached hydrogen (secondary N) is 1. The van der Waals surface area contributed by atoms with Gasteiger partial charge in [-0.15, -0.1) is 0 Å². The second-order valence-corrected chi connectivity index (χ2v) is 4.88. The van der Waals surface area contributed by atoms with E-state index >= 15 is 0 Å². The molecule has 0 spiro atoms. The van der Waals surface area contributed by atoms with Crippen LogP contribution in [0.15, 0.2) is 30.5 Å². The van der Waals surface area contributed by atoms with Crippen molar-refractivity contribution in [3.8, 4) is 0 Å². The number of aromatic nitrogens is 2. The zero-order chi connectivity index (χ0) is 13.2. The Kier molecular flexibility index (Phi) is 3.29. The number of H-pyrrole nitrogens is 1. The van der Waals surface area contributed by atoms with Crippen molar-refractivity contribution in [2.75, 3.05) is 6.54 Å². The van der Waals surface area contributed by atoms with Gasteiger partial charge in [-0.05, 0) is 43.7 Å². The van der Waals surface area contributed by atoms with Crippen LogP contribution in [0, 0.1) is 11.6 Å². The number of benzene rings is 1. The van der Waals surface area contributed by atoms with Gasteiger partial charge in [-0.3, -0.25) is 10.00 Å². The van der Waals surface area contributed by atoms with Crippen LogP contribution in [0.5, 0.6) is 0 Å². The maximum Gasteiger partial charge on any atom is 0.127 e. The zero-order valence-corrected chi connectivity index (χ0v) is 10.4. The molecule has 0 radical (unpaired) electrons. The molecule has 19 heavy (non-hydrogen) atoms. The van der Waals surface area contributed by atoms with Gasteiger partial charge in [0.2, 0.25) is 0 Å². The molecular formula is C14H15F2N3. The fraction of sp³-hybridized carbons (Fsp3) is 0.357. The zero-order valence-electron chi connectivity index (χ0n) is 10.4. The number of likely N-dealkylation sites (tertiary alicyclic amines) is 1. The molecule has 3 rings (SSSR count). The van der Waals surface area contributed by atoms with E-state index in [4.69, 9.17) is 0 Å². The standard InChI is InChI=1S/C14H15F2N3/c15-11-3-4-12(16)10(8-11)9-19-7-1-2-14(19)13-5-6-17-18-13/h3-6,8,14H,1-2,7,9H2,(H,17,18). The summed E-state index contributed by atoms with van der Waals surface area (Å²) >= 11 is 0. The van der Waals surface area contributed by atoms with Crippen molar-refractivity contribution >= 4 is 0 Å². The Bertz CT molecular complexity index is 554. The lowest BCUT2D eigenvalue weighted by molar-refractivity contribution is 0.240. The highest BCUT2D eigenvalue weighted by molar-refractivity contribution is 5.19. The number of halogens is 2. The molecule has 1 fully saturated rings. The quantitative estimate of drug-likeness (QED) is 0.923.